The summed E-state index contributed by atoms with van der Waals surface area (Å²) in [6, 6.07) is 9.01. The van der Waals surface area contributed by atoms with E-state index in [1.165, 1.54) is 12.8 Å². The van der Waals surface area contributed by atoms with Gasteiger partial charge in [0.2, 0.25) is 0 Å². The monoisotopic (exact) mass is 288 g/mol. The first-order valence-corrected chi connectivity index (χ1v) is 7.34. The first kappa shape index (κ1) is 14.0. The molecule has 1 aromatic carbocycles. The van der Waals surface area contributed by atoms with E-state index in [0.717, 1.165) is 18.4 Å². The summed E-state index contributed by atoms with van der Waals surface area (Å²) in [5.74, 6) is 1.90. The molecule has 1 aliphatic carbocycles. The van der Waals surface area contributed by atoms with Gasteiger partial charge in [0.25, 0.3) is 0 Å². The minimum atomic E-state index is -0.795. The molecule has 4 nitrogen and oxygen atoms in total. The Morgan fingerprint density at radius 3 is 2.67 bits per heavy atom. The summed E-state index contributed by atoms with van der Waals surface area (Å²) in [6.07, 6.45) is 5.58. The van der Waals surface area contributed by atoms with Crippen LogP contribution in [0.3, 0.4) is 0 Å². The molecule has 4 heteroatoms. The predicted octanol–water partition coefficient (Wildman–Crippen LogP) is 3.69. The Morgan fingerprint density at radius 2 is 2.00 bits per heavy atom. The highest BCUT2D eigenvalue weighted by Crippen LogP contribution is 2.35. The third-order valence-corrected chi connectivity index (χ3v) is 3.91. The van der Waals surface area contributed by atoms with Crippen molar-refractivity contribution in [2.24, 2.45) is 0 Å². The number of ether oxygens (including phenoxy) is 2. The summed E-state index contributed by atoms with van der Waals surface area (Å²) in [4.78, 5) is 0. The lowest BCUT2D eigenvalue weighted by atomic mass is 10.1. The van der Waals surface area contributed by atoms with Gasteiger partial charge in [-0.3, -0.25) is 0 Å². The molecule has 2 aromatic rings. The minimum absolute atomic E-state index is 0.245. The fourth-order valence-electron chi connectivity index (χ4n) is 2.75. The van der Waals surface area contributed by atoms with Crippen LogP contribution in [-0.2, 0) is 0 Å². The average Bonchev–Trinajstić information content (AvgIpc) is 3.19. The van der Waals surface area contributed by atoms with Crippen molar-refractivity contribution in [1.82, 2.24) is 0 Å². The molecule has 0 radical (unpaired) electrons. The van der Waals surface area contributed by atoms with E-state index in [0.29, 0.717) is 17.3 Å². The number of hydrogen-bond acceptors (Lipinski definition) is 4. The predicted molar refractivity (Wildman–Crippen MR) is 78.6 cm³/mol. The molecule has 1 atom stereocenters. The SMILES string of the molecule is COc1ccc(C(O)c2ccco2)cc1OC1CCCC1. The van der Waals surface area contributed by atoms with E-state index in [1.54, 1.807) is 25.5 Å². The van der Waals surface area contributed by atoms with Crippen LogP contribution in [0.2, 0.25) is 0 Å². The van der Waals surface area contributed by atoms with Gasteiger partial charge in [-0.15, -0.1) is 0 Å². The van der Waals surface area contributed by atoms with Crippen LogP contribution in [0.5, 0.6) is 11.5 Å². The van der Waals surface area contributed by atoms with Gasteiger partial charge < -0.3 is 19.0 Å². The van der Waals surface area contributed by atoms with Crippen molar-refractivity contribution in [2.75, 3.05) is 7.11 Å². The van der Waals surface area contributed by atoms with E-state index in [4.69, 9.17) is 13.9 Å². The van der Waals surface area contributed by atoms with Gasteiger partial charge in [-0.25, -0.2) is 0 Å². The van der Waals surface area contributed by atoms with Crippen LogP contribution in [-0.4, -0.2) is 18.3 Å². The number of furan rings is 1. The van der Waals surface area contributed by atoms with Crippen molar-refractivity contribution in [3.8, 4) is 11.5 Å². The van der Waals surface area contributed by atoms with Crippen LogP contribution in [0.15, 0.2) is 41.0 Å². The summed E-state index contributed by atoms with van der Waals surface area (Å²) >= 11 is 0. The van der Waals surface area contributed by atoms with Crippen LogP contribution < -0.4 is 9.47 Å². The van der Waals surface area contributed by atoms with Crippen LogP contribution >= 0.6 is 0 Å². The lowest BCUT2D eigenvalue weighted by Gasteiger charge is -2.18. The van der Waals surface area contributed by atoms with Gasteiger partial charge >= 0.3 is 0 Å². The zero-order chi connectivity index (χ0) is 14.7. The molecule has 0 saturated heterocycles. The molecule has 1 unspecified atom stereocenters. The lowest BCUT2D eigenvalue weighted by molar-refractivity contribution is 0.184. The van der Waals surface area contributed by atoms with Gasteiger partial charge in [-0.2, -0.15) is 0 Å². The summed E-state index contributed by atoms with van der Waals surface area (Å²) in [7, 11) is 1.62. The second-order valence-electron chi connectivity index (χ2n) is 5.35. The van der Waals surface area contributed by atoms with E-state index in [1.807, 2.05) is 18.2 Å². The minimum Gasteiger partial charge on any atom is -0.493 e. The maximum Gasteiger partial charge on any atom is 0.161 e. The first-order valence-electron chi connectivity index (χ1n) is 7.34. The molecule has 0 aliphatic heterocycles. The Kier molecular flexibility index (Phi) is 4.15. The van der Waals surface area contributed by atoms with Crippen LogP contribution in [0, 0.1) is 0 Å². The molecule has 0 spiro atoms. The lowest BCUT2D eigenvalue weighted by Crippen LogP contribution is -2.12. The second kappa shape index (κ2) is 6.22. The third-order valence-electron chi connectivity index (χ3n) is 3.91. The number of methoxy groups -OCH3 is 1. The zero-order valence-electron chi connectivity index (χ0n) is 12.1. The standard InChI is InChI=1S/C17H20O4/c1-19-14-9-8-12(17(18)15-7-4-10-20-15)11-16(14)21-13-5-2-3-6-13/h4,7-11,13,17-18H,2-3,5-6H2,1H3. The molecular formula is C17H20O4. The Bertz CT molecular complexity index is 570. The Balaban J connectivity index is 1.85. The van der Waals surface area contributed by atoms with Crippen LogP contribution in [0.1, 0.15) is 43.1 Å². The van der Waals surface area contributed by atoms with Gasteiger partial charge in [-0.1, -0.05) is 6.07 Å². The number of hydrogen-bond donors (Lipinski definition) is 1. The van der Waals surface area contributed by atoms with E-state index in [2.05, 4.69) is 0 Å². The maximum absolute atomic E-state index is 10.3. The topological polar surface area (TPSA) is 51.8 Å². The molecule has 1 N–H and O–H groups in total. The van der Waals surface area contributed by atoms with Gasteiger partial charge in [0.15, 0.2) is 11.5 Å². The maximum atomic E-state index is 10.3. The highest BCUT2D eigenvalue weighted by molar-refractivity contribution is 5.44. The summed E-state index contributed by atoms with van der Waals surface area (Å²) < 4.78 is 16.6. The van der Waals surface area contributed by atoms with Gasteiger partial charge in [-0.05, 0) is 55.5 Å². The van der Waals surface area contributed by atoms with Crippen molar-refractivity contribution in [3.63, 3.8) is 0 Å². The fraction of sp³-hybridized carbons (Fsp3) is 0.412. The fourth-order valence-corrected chi connectivity index (χ4v) is 2.75. The molecule has 0 amide bonds. The molecule has 1 saturated carbocycles. The van der Waals surface area contributed by atoms with Crippen LogP contribution in [0.4, 0.5) is 0 Å². The highest BCUT2D eigenvalue weighted by Gasteiger charge is 2.20. The molecule has 1 aromatic heterocycles. The van der Waals surface area contributed by atoms with Crippen molar-refractivity contribution in [3.05, 3.63) is 47.9 Å². The molecule has 3 rings (SSSR count). The third kappa shape index (κ3) is 3.05. The van der Waals surface area contributed by atoms with E-state index >= 15 is 0 Å². The smallest absolute Gasteiger partial charge is 0.161 e. The highest BCUT2D eigenvalue weighted by atomic mass is 16.5. The van der Waals surface area contributed by atoms with Gasteiger partial charge in [0.05, 0.1) is 19.5 Å². The number of benzene rings is 1. The van der Waals surface area contributed by atoms with Crippen molar-refractivity contribution < 1.29 is 19.0 Å². The quantitative estimate of drug-likeness (QED) is 0.911. The molecule has 112 valence electrons. The zero-order valence-corrected chi connectivity index (χ0v) is 12.1. The number of aliphatic hydroxyl groups excluding tert-OH is 1. The molecular weight excluding hydrogens is 268 g/mol. The summed E-state index contributed by atoms with van der Waals surface area (Å²) in [5.41, 5.74) is 0.735. The average molecular weight is 288 g/mol. The first-order chi connectivity index (χ1) is 10.3. The van der Waals surface area contributed by atoms with Gasteiger partial charge in [0, 0.05) is 0 Å². The van der Waals surface area contributed by atoms with Crippen LogP contribution in [0.25, 0.3) is 0 Å². The molecule has 0 bridgehead atoms. The van der Waals surface area contributed by atoms with E-state index in [-0.39, 0.29) is 6.10 Å². The molecule has 1 fully saturated rings. The molecule has 1 heterocycles. The molecule has 1 aliphatic rings. The number of aliphatic hydroxyl groups is 1. The molecule has 21 heavy (non-hydrogen) atoms. The second-order valence-corrected chi connectivity index (χ2v) is 5.35. The van der Waals surface area contributed by atoms with Crippen molar-refractivity contribution >= 4 is 0 Å². The Hall–Kier alpha value is -1.94. The van der Waals surface area contributed by atoms with E-state index in [9.17, 15) is 5.11 Å². The Morgan fingerprint density at radius 1 is 1.19 bits per heavy atom. The van der Waals surface area contributed by atoms with Crippen molar-refractivity contribution in [2.45, 2.75) is 37.9 Å². The summed E-state index contributed by atoms with van der Waals surface area (Å²) in [6.45, 7) is 0. The van der Waals surface area contributed by atoms with E-state index < -0.39 is 6.10 Å². The normalized spacial score (nSPS) is 16.9. The van der Waals surface area contributed by atoms with Crippen molar-refractivity contribution in [1.29, 1.82) is 0 Å². The van der Waals surface area contributed by atoms with Gasteiger partial charge in [0.1, 0.15) is 11.9 Å². The number of rotatable bonds is 5. The largest absolute Gasteiger partial charge is 0.493 e. The Labute approximate surface area is 124 Å². The summed E-state index contributed by atoms with van der Waals surface area (Å²) in [5, 5.41) is 10.3.